The van der Waals surface area contributed by atoms with E-state index in [4.69, 9.17) is 9.47 Å². The van der Waals surface area contributed by atoms with Gasteiger partial charge in [0.15, 0.2) is 5.78 Å². The highest BCUT2D eigenvalue weighted by atomic mass is 16.5. The highest BCUT2D eigenvalue weighted by Gasteiger charge is 2.14. The Balaban J connectivity index is 3.65. The van der Waals surface area contributed by atoms with Gasteiger partial charge in [-0.2, -0.15) is 0 Å². The van der Waals surface area contributed by atoms with Crippen molar-refractivity contribution in [2.75, 3.05) is 20.3 Å². The fourth-order valence-corrected chi connectivity index (χ4v) is 0.745. The second kappa shape index (κ2) is 6.31. The van der Waals surface area contributed by atoms with Crippen LogP contribution >= 0.6 is 0 Å². The van der Waals surface area contributed by atoms with Gasteiger partial charge >= 0.3 is 0 Å². The molecule has 0 aliphatic rings. The number of ketones is 1. The molecule has 0 aliphatic heterocycles. The highest BCUT2D eigenvalue weighted by Crippen LogP contribution is 1.96. The largest absolute Gasteiger partial charge is 0.379 e. The normalized spacial score (nSPS) is 13.0. The lowest BCUT2D eigenvalue weighted by Crippen LogP contribution is -2.27. The fraction of sp³-hybridized carbons (Fsp3) is 0.875. The summed E-state index contributed by atoms with van der Waals surface area (Å²) in [7, 11) is 1.53. The van der Waals surface area contributed by atoms with E-state index in [1.54, 1.807) is 0 Å². The van der Waals surface area contributed by atoms with E-state index in [1.807, 2.05) is 13.8 Å². The summed E-state index contributed by atoms with van der Waals surface area (Å²) in [5.74, 6) is 0.0981. The van der Waals surface area contributed by atoms with Crippen LogP contribution in [0.1, 0.15) is 20.3 Å². The Bertz CT molecular complexity index is 112. The maximum absolute atomic E-state index is 11.0. The molecule has 1 atom stereocenters. The van der Waals surface area contributed by atoms with Crippen molar-refractivity contribution in [3.8, 4) is 0 Å². The van der Waals surface area contributed by atoms with E-state index in [-0.39, 0.29) is 11.9 Å². The van der Waals surface area contributed by atoms with Gasteiger partial charge in [-0.05, 0) is 6.92 Å². The first kappa shape index (κ1) is 10.6. The summed E-state index contributed by atoms with van der Waals surface area (Å²) in [6.45, 7) is 4.71. The molecule has 0 heterocycles. The molecule has 0 aromatic carbocycles. The maximum atomic E-state index is 11.0. The quantitative estimate of drug-likeness (QED) is 0.582. The van der Waals surface area contributed by atoms with Crippen LogP contribution in [0.15, 0.2) is 0 Å². The number of Topliss-reactive ketones (excluding diaryl/α,β-unsaturated/α-hetero) is 1. The minimum absolute atomic E-state index is 0.0981. The van der Waals surface area contributed by atoms with Crippen LogP contribution in [-0.4, -0.2) is 32.2 Å². The van der Waals surface area contributed by atoms with Crippen molar-refractivity contribution in [3.63, 3.8) is 0 Å². The standard InChI is InChI=1S/C8H16O3/c1-4-7(9)8(10-3)6-11-5-2/h8H,4-6H2,1-3H3. The van der Waals surface area contributed by atoms with Crippen LogP contribution in [0.3, 0.4) is 0 Å². The first-order valence-corrected chi connectivity index (χ1v) is 3.89. The van der Waals surface area contributed by atoms with Crippen molar-refractivity contribution < 1.29 is 14.3 Å². The van der Waals surface area contributed by atoms with E-state index < -0.39 is 0 Å². The summed E-state index contributed by atoms with van der Waals surface area (Å²) in [4.78, 5) is 11.0. The van der Waals surface area contributed by atoms with Crippen LogP contribution < -0.4 is 0 Å². The number of hydrogen-bond donors (Lipinski definition) is 0. The summed E-state index contributed by atoms with van der Waals surface area (Å²) in [5, 5.41) is 0. The van der Waals surface area contributed by atoms with Crippen LogP contribution in [0.4, 0.5) is 0 Å². The van der Waals surface area contributed by atoms with Crippen molar-refractivity contribution in [1.82, 2.24) is 0 Å². The molecule has 0 bridgehead atoms. The molecule has 11 heavy (non-hydrogen) atoms. The zero-order valence-electron chi connectivity index (χ0n) is 7.42. The highest BCUT2D eigenvalue weighted by molar-refractivity contribution is 5.82. The minimum Gasteiger partial charge on any atom is -0.379 e. The smallest absolute Gasteiger partial charge is 0.163 e. The fourth-order valence-electron chi connectivity index (χ4n) is 0.745. The molecule has 0 aromatic heterocycles. The Hall–Kier alpha value is -0.410. The summed E-state index contributed by atoms with van der Waals surface area (Å²) in [6, 6.07) is 0. The molecule has 0 fully saturated rings. The lowest BCUT2D eigenvalue weighted by Gasteiger charge is -2.12. The Morgan fingerprint density at radius 3 is 2.45 bits per heavy atom. The zero-order chi connectivity index (χ0) is 8.69. The van der Waals surface area contributed by atoms with Gasteiger partial charge in [-0.25, -0.2) is 0 Å². The number of carbonyl (C=O) groups excluding carboxylic acids is 1. The van der Waals surface area contributed by atoms with Crippen molar-refractivity contribution in [2.24, 2.45) is 0 Å². The van der Waals surface area contributed by atoms with Gasteiger partial charge in [-0.1, -0.05) is 6.92 Å². The van der Waals surface area contributed by atoms with Crippen molar-refractivity contribution in [2.45, 2.75) is 26.4 Å². The van der Waals surface area contributed by atoms with Gasteiger partial charge in [0, 0.05) is 20.1 Å². The summed E-state index contributed by atoms with van der Waals surface area (Å²) >= 11 is 0. The molecule has 66 valence electrons. The molecule has 0 spiro atoms. The molecule has 0 N–H and O–H groups in total. The molecule has 0 amide bonds. The second-order valence-corrected chi connectivity index (χ2v) is 2.20. The molecule has 0 saturated heterocycles. The van der Waals surface area contributed by atoms with E-state index in [2.05, 4.69) is 0 Å². The van der Waals surface area contributed by atoms with Gasteiger partial charge in [0.05, 0.1) is 6.61 Å². The molecule has 0 aromatic rings. The van der Waals surface area contributed by atoms with E-state index in [0.29, 0.717) is 19.6 Å². The Kier molecular flexibility index (Phi) is 6.07. The maximum Gasteiger partial charge on any atom is 0.163 e. The number of hydrogen-bond acceptors (Lipinski definition) is 3. The zero-order valence-corrected chi connectivity index (χ0v) is 7.42. The molecule has 3 nitrogen and oxygen atoms in total. The van der Waals surface area contributed by atoms with Crippen LogP contribution in [0.5, 0.6) is 0 Å². The predicted octanol–water partition coefficient (Wildman–Crippen LogP) is 1.02. The van der Waals surface area contributed by atoms with Gasteiger partial charge in [0.25, 0.3) is 0 Å². The summed E-state index contributed by atoms with van der Waals surface area (Å²) in [5.41, 5.74) is 0. The van der Waals surface area contributed by atoms with Gasteiger partial charge in [-0.15, -0.1) is 0 Å². The first-order chi connectivity index (χ1) is 5.26. The molecule has 0 aliphatic carbocycles. The third kappa shape index (κ3) is 4.11. The molecule has 0 radical (unpaired) electrons. The lowest BCUT2D eigenvalue weighted by atomic mass is 10.2. The molecule has 3 heteroatoms. The molecule has 0 saturated carbocycles. The van der Waals surface area contributed by atoms with Crippen LogP contribution in [0.25, 0.3) is 0 Å². The Morgan fingerprint density at radius 2 is 2.09 bits per heavy atom. The van der Waals surface area contributed by atoms with Crippen LogP contribution in [0.2, 0.25) is 0 Å². The number of rotatable bonds is 6. The van der Waals surface area contributed by atoms with E-state index in [0.717, 1.165) is 0 Å². The SMILES string of the molecule is CCOCC(OC)C(=O)CC. The van der Waals surface area contributed by atoms with E-state index in [9.17, 15) is 4.79 Å². The van der Waals surface area contributed by atoms with E-state index >= 15 is 0 Å². The average Bonchev–Trinajstić information content (AvgIpc) is 2.05. The topological polar surface area (TPSA) is 35.5 Å². The van der Waals surface area contributed by atoms with Crippen molar-refractivity contribution >= 4 is 5.78 Å². The molecular weight excluding hydrogens is 144 g/mol. The number of carbonyl (C=O) groups is 1. The monoisotopic (exact) mass is 160 g/mol. The minimum atomic E-state index is -0.375. The average molecular weight is 160 g/mol. The van der Waals surface area contributed by atoms with Gasteiger partial charge in [0.2, 0.25) is 0 Å². The van der Waals surface area contributed by atoms with Gasteiger partial charge in [-0.3, -0.25) is 4.79 Å². The molecular formula is C8H16O3. The third-order valence-electron chi connectivity index (χ3n) is 1.47. The van der Waals surface area contributed by atoms with Crippen LogP contribution in [0, 0.1) is 0 Å². The van der Waals surface area contributed by atoms with Gasteiger partial charge in [0.1, 0.15) is 6.10 Å². The summed E-state index contributed by atoms with van der Waals surface area (Å²) in [6.07, 6.45) is 0.130. The molecule has 0 rings (SSSR count). The predicted molar refractivity (Wildman–Crippen MR) is 42.6 cm³/mol. The third-order valence-corrected chi connectivity index (χ3v) is 1.47. The first-order valence-electron chi connectivity index (χ1n) is 3.89. The second-order valence-electron chi connectivity index (χ2n) is 2.20. The Labute approximate surface area is 67.7 Å². The van der Waals surface area contributed by atoms with Crippen LogP contribution in [-0.2, 0) is 14.3 Å². The summed E-state index contributed by atoms with van der Waals surface area (Å²) < 4.78 is 9.99. The van der Waals surface area contributed by atoms with Gasteiger partial charge < -0.3 is 9.47 Å². The number of methoxy groups -OCH3 is 1. The Morgan fingerprint density at radius 1 is 1.45 bits per heavy atom. The van der Waals surface area contributed by atoms with Crippen molar-refractivity contribution in [3.05, 3.63) is 0 Å². The lowest BCUT2D eigenvalue weighted by molar-refractivity contribution is -0.131. The van der Waals surface area contributed by atoms with Crippen molar-refractivity contribution in [1.29, 1.82) is 0 Å². The molecule has 1 unspecified atom stereocenters. The number of ether oxygens (including phenoxy) is 2. The van der Waals surface area contributed by atoms with E-state index in [1.165, 1.54) is 7.11 Å².